The fourth-order valence-corrected chi connectivity index (χ4v) is 2.39. The van der Waals surface area contributed by atoms with Gasteiger partial charge in [-0.05, 0) is 51.0 Å². The van der Waals surface area contributed by atoms with Crippen molar-refractivity contribution >= 4 is 5.91 Å². The van der Waals surface area contributed by atoms with Crippen molar-refractivity contribution in [2.75, 3.05) is 6.61 Å². The Morgan fingerprint density at radius 3 is 2.39 bits per heavy atom. The number of amides is 1. The molecular weight excluding hydrogens is 286 g/mol. The molecule has 2 aromatic rings. The van der Waals surface area contributed by atoms with E-state index < -0.39 is 0 Å². The van der Waals surface area contributed by atoms with Gasteiger partial charge in [-0.2, -0.15) is 0 Å². The third-order valence-corrected chi connectivity index (χ3v) is 3.78. The molecule has 2 aromatic carbocycles. The number of hydrogen-bond acceptors (Lipinski definition) is 2. The fraction of sp³-hybridized carbons (Fsp3) is 0.350. The molecule has 0 aromatic heterocycles. The van der Waals surface area contributed by atoms with E-state index in [1.165, 1.54) is 11.1 Å². The zero-order valence-electron chi connectivity index (χ0n) is 14.3. The lowest BCUT2D eigenvalue weighted by Gasteiger charge is -2.16. The van der Waals surface area contributed by atoms with E-state index in [2.05, 4.69) is 23.5 Å². The number of carbonyl (C=O) groups excluding carboxylic acids is 1. The Balaban J connectivity index is 1.82. The zero-order valence-corrected chi connectivity index (χ0v) is 14.3. The second-order valence-electron chi connectivity index (χ2n) is 6.20. The Bertz CT molecular complexity index is 662. The van der Waals surface area contributed by atoms with Crippen LogP contribution in [0.2, 0.25) is 0 Å². The number of aryl methyl sites for hydroxylation is 3. The van der Waals surface area contributed by atoms with Crippen LogP contribution in [0.5, 0.6) is 5.75 Å². The minimum absolute atomic E-state index is 0.0266. The molecule has 0 aliphatic heterocycles. The van der Waals surface area contributed by atoms with Crippen molar-refractivity contribution in [1.82, 2.24) is 5.32 Å². The standard InChI is InChI=1S/C20H25NO2/c1-14-6-9-19(10-7-14)23-13-17(4)21-20(22)12-18-11-15(2)5-8-16(18)3/h5-11,17H,12-13H2,1-4H3,(H,21,22)/t17-/m0/s1. The van der Waals surface area contributed by atoms with Gasteiger partial charge in [0.25, 0.3) is 0 Å². The van der Waals surface area contributed by atoms with Crippen LogP contribution in [0.1, 0.15) is 29.2 Å². The SMILES string of the molecule is Cc1ccc(OC[C@H](C)NC(=O)Cc2cc(C)ccc2C)cc1. The molecule has 0 unspecified atom stereocenters. The van der Waals surface area contributed by atoms with Crippen LogP contribution in [0.25, 0.3) is 0 Å². The molecule has 0 aliphatic rings. The molecule has 122 valence electrons. The molecule has 0 saturated carbocycles. The zero-order chi connectivity index (χ0) is 16.8. The highest BCUT2D eigenvalue weighted by Gasteiger charge is 2.10. The van der Waals surface area contributed by atoms with E-state index in [9.17, 15) is 4.79 Å². The Labute approximate surface area is 138 Å². The van der Waals surface area contributed by atoms with Gasteiger partial charge < -0.3 is 10.1 Å². The van der Waals surface area contributed by atoms with Crippen LogP contribution in [0, 0.1) is 20.8 Å². The van der Waals surface area contributed by atoms with Crippen LogP contribution in [0.4, 0.5) is 0 Å². The van der Waals surface area contributed by atoms with Crippen LogP contribution < -0.4 is 10.1 Å². The summed E-state index contributed by atoms with van der Waals surface area (Å²) in [7, 11) is 0. The lowest BCUT2D eigenvalue weighted by Crippen LogP contribution is -2.37. The summed E-state index contributed by atoms with van der Waals surface area (Å²) in [5.74, 6) is 0.852. The highest BCUT2D eigenvalue weighted by molar-refractivity contribution is 5.79. The van der Waals surface area contributed by atoms with Gasteiger partial charge in [-0.1, -0.05) is 41.5 Å². The molecule has 1 atom stereocenters. The van der Waals surface area contributed by atoms with Crippen molar-refractivity contribution in [1.29, 1.82) is 0 Å². The van der Waals surface area contributed by atoms with Crippen LogP contribution >= 0.6 is 0 Å². The second-order valence-corrected chi connectivity index (χ2v) is 6.20. The monoisotopic (exact) mass is 311 g/mol. The quantitative estimate of drug-likeness (QED) is 0.882. The van der Waals surface area contributed by atoms with Crippen LogP contribution in [-0.2, 0) is 11.2 Å². The molecule has 1 amide bonds. The molecular formula is C20H25NO2. The molecule has 0 saturated heterocycles. The van der Waals surface area contributed by atoms with Crippen LogP contribution in [-0.4, -0.2) is 18.6 Å². The van der Waals surface area contributed by atoms with E-state index in [0.29, 0.717) is 13.0 Å². The predicted molar refractivity (Wildman–Crippen MR) is 93.9 cm³/mol. The second kappa shape index (κ2) is 7.82. The summed E-state index contributed by atoms with van der Waals surface area (Å²) in [5, 5.41) is 2.99. The third kappa shape index (κ3) is 5.44. The normalized spacial score (nSPS) is 11.8. The predicted octanol–water partition coefficient (Wildman–Crippen LogP) is 3.74. The van der Waals surface area contributed by atoms with Gasteiger partial charge in [0, 0.05) is 0 Å². The Morgan fingerprint density at radius 1 is 1.04 bits per heavy atom. The molecule has 3 nitrogen and oxygen atoms in total. The Morgan fingerprint density at radius 2 is 1.70 bits per heavy atom. The van der Waals surface area contributed by atoms with Gasteiger partial charge in [0.2, 0.25) is 5.91 Å². The topological polar surface area (TPSA) is 38.3 Å². The first-order valence-corrected chi connectivity index (χ1v) is 7.99. The number of benzene rings is 2. The molecule has 0 bridgehead atoms. The molecule has 23 heavy (non-hydrogen) atoms. The molecule has 0 spiro atoms. The minimum atomic E-state index is -0.0334. The first kappa shape index (κ1) is 17.1. The number of ether oxygens (including phenoxy) is 1. The van der Waals surface area contributed by atoms with E-state index in [0.717, 1.165) is 16.9 Å². The largest absolute Gasteiger partial charge is 0.491 e. The first-order chi connectivity index (χ1) is 10.9. The van der Waals surface area contributed by atoms with Crippen molar-refractivity contribution in [2.24, 2.45) is 0 Å². The number of carbonyl (C=O) groups is 1. The van der Waals surface area contributed by atoms with Crippen molar-refractivity contribution in [2.45, 2.75) is 40.2 Å². The summed E-state index contributed by atoms with van der Waals surface area (Å²) >= 11 is 0. The first-order valence-electron chi connectivity index (χ1n) is 7.99. The number of nitrogens with one attached hydrogen (secondary N) is 1. The van der Waals surface area contributed by atoms with Gasteiger partial charge >= 0.3 is 0 Å². The van der Waals surface area contributed by atoms with E-state index in [4.69, 9.17) is 4.74 Å². The maximum absolute atomic E-state index is 12.2. The van der Waals surface area contributed by atoms with Gasteiger partial charge in [-0.15, -0.1) is 0 Å². The maximum Gasteiger partial charge on any atom is 0.224 e. The summed E-state index contributed by atoms with van der Waals surface area (Å²) < 4.78 is 5.70. The number of rotatable bonds is 6. The highest BCUT2D eigenvalue weighted by Crippen LogP contribution is 2.13. The average molecular weight is 311 g/mol. The summed E-state index contributed by atoms with van der Waals surface area (Å²) in [4.78, 5) is 12.2. The van der Waals surface area contributed by atoms with Crippen molar-refractivity contribution in [3.63, 3.8) is 0 Å². The third-order valence-electron chi connectivity index (χ3n) is 3.78. The fourth-order valence-electron chi connectivity index (χ4n) is 2.39. The lowest BCUT2D eigenvalue weighted by atomic mass is 10.0. The highest BCUT2D eigenvalue weighted by atomic mass is 16.5. The lowest BCUT2D eigenvalue weighted by molar-refractivity contribution is -0.121. The van der Waals surface area contributed by atoms with Crippen molar-refractivity contribution in [3.05, 3.63) is 64.7 Å². The summed E-state index contributed by atoms with van der Waals surface area (Å²) in [6.07, 6.45) is 0.405. The van der Waals surface area contributed by atoms with Gasteiger partial charge in [-0.3, -0.25) is 4.79 Å². The van der Waals surface area contributed by atoms with Gasteiger partial charge in [0.1, 0.15) is 12.4 Å². The van der Waals surface area contributed by atoms with Gasteiger partial charge in [0.05, 0.1) is 12.5 Å². The van der Waals surface area contributed by atoms with E-state index in [1.807, 2.05) is 52.0 Å². The molecule has 0 heterocycles. The Hall–Kier alpha value is -2.29. The molecule has 2 rings (SSSR count). The van der Waals surface area contributed by atoms with E-state index in [1.54, 1.807) is 0 Å². The van der Waals surface area contributed by atoms with Crippen molar-refractivity contribution in [3.8, 4) is 5.75 Å². The Kier molecular flexibility index (Phi) is 5.80. The van der Waals surface area contributed by atoms with Crippen LogP contribution in [0.3, 0.4) is 0 Å². The molecule has 1 N–H and O–H groups in total. The molecule has 0 radical (unpaired) electrons. The maximum atomic E-state index is 12.2. The molecule has 0 fully saturated rings. The van der Waals surface area contributed by atoms with E-state index >= 15 is 0 Å². The van der Waals surface area contributed by atoms with Crippen LogP contribution in [0.15, 0.2) is 42.5 Å². The van der Waals surface area contributed by atoms with Crippen molar-refractivity contribution < 1.29 is 9.53 Å². The summed E-state index contributed by atoms with van der Waals surface area (Å²) in [6, 6.07) is 14.1. The van der Waals surface area contributed by atoms with Gasteiger partial charge in [0.15, 0.2) is 0 Å². The molecule has 3 heteroatoms. The average Bonchev–Trinajstić information content (AvgIpc) is 2.50. The molecule has 0 aliphatic carbocycles. The van der Waals surface area contributed by atoms with E-state index in [-0.39, 0.29) is 11.9 Å². The minimum Gasteiger partial charge on any atom is -0.491 e. The van der Waals surface area contributed by atoms with Gasteiger partial charge in [-0.25, -0.2) is 0 Å². The summed E-state index contributed by atoms with van der Waals surface area (Å²) in [6.45, 7) is 8.53. The smallest absolute Gasteiger partial charge is 0.224 e. The summed E-state index contributed by atoms with van der Waals surface area (Å²) in [5.41, 5.74) is 4.60. The number of hydrogen-bond donors (Lipinski definition) is 1.